The number of hydrogen-bond donors (Lipinski definition) is 0. The summed E-state index contributed by atoms with van der Waals surface area (Å²) >= 11 is 0. The Morgan fingerprint density at radius 2 is 0.537 bits per heavy atom. The normalized spacial score (nSPS) is 11.9. The summed E-state index contributed by atoms with van der Waals surface area (Å²) in [5, 5.41) is 14.9. The fraction of sp³-hybridized carbons (Fsp3) is 0. The van der Waals surface area contributed by atoms with E-state index >= 15 is 0 Å². The zero-order chi connectivity index (χ0) is 54.5. The Labute approximate surface area is 479 Å². The van der Waals surface area contributed by atoms with Crippen LogP contribution in [0.4, 0.5) is 0 Å². The summed E-state index contributed by atoms with van der Waals surface area (Å²) in [4.78, 5) is 11.7. The van der Waals surface area contributed by atoms with E-state index in [2.05, 4.69) is 337 Å². The van der Waals surface area contributed by atoms with Gasteiger partial charge in [0.05, 0.1) is 27.8 Å². The molecule has 0 atom stereocenters. The van der Waals surface area contributed by atoms with E-state index in [1.807, 2.05) is 0 Å². The lowest BCUT2D eigenvalue weighted by Gasteiger charge is -2.38. The molecule has 0 fully saturated rings. The summed E-state index contributed by atoms with van der Waals surface area (Å²) in [7, 11) is -6.60. The predicted molar refractivity (Wildman–Crippen MR) is 349 cm³/mol. The molecule has 0 unspecified atom stereocenters. The Balaban J connectivity index is 1.13. The largest absolute Gasteiger partial charge is 0.294 e. The maximum absolute atomic E-state index is 5.92. The smallest absolute Gasteiger partial charge is 0.237 e. The fourth-order valence-corrected chi connectivity index (χ4v) is 23.1. The molecule has 0 bridgehead atoms. The molecule has 15 rings (SSSR count). The molecule has 0 radical (unpaired) electrons. The zero-order valence-electron chi connectivity index (χ0n) is 45.0. The number of rotatable bonds is 12. The molecule has 0 aliphatic rings. The lowest BCUT2D eigenvalue weighted by molar-refractivity contribution is 0.952. The van der Waals surface area contributed by atoms with Crippen molar-refractivity contribution < 1.29 is 0 Å². The lowest BCUT2D eigenvalue weighted by atomic mass is 10.1. The third-order valence-corrected chi connectivity index (χ3v) is 26.3. The summed E-state index contributed by atoms with van der Waals surface area (Å²) in [6, 6.07) is 122. The van der Waals surface area contributed by atoms with E-state index in [1.54, 1.807) is 0 Å². The molecule has 82 heavy (non-hydrogen) atoms. The molecule has 3 heterocycles. The number of hydrogen-bond acceptors (Lipinski definition) is 2. The summed E-state index contributed by atoms with van der Waals surface area (Å²) in [5.74, 6) is 1.38. The third-order valence-electron chi connectivity index (χ3n) is 16.8. The first-order valence-corrected chi connectivity index (χ1v) is 32.1. The van der Waals surface area contributed by atoms with E-state index in [-0.39, 0.29) is 0 Å². The highest BCUT2D eigenvalue weighted by atomic mass is 28.3. The monoisotopic (exact) mass is 1080 g/mol. The third kappa shape index (κ3) is 7.94. The van der Waals surface area contributed by atoms with Gasteiger partial charge in [-0.1, -0.05) is 297 Å². The molecule has 386 valence electrons. The van der Waals surface area contributed by atoms with Gasteiger partial charge < -0.3 is 0 Å². The minimum Gasteiger partial charge on any atom is -0.294 e. The molecule has 0 amide bonds. The van der Waals surface area contributed by atoms with E-state index in [9.17, 15) is 0 Å². The van der Waals surface area contributed by atoms with Crippen LogP contribution in [0, 0.1) is 0 Å². The summed E-state index contributed by atoms with van der Waals surface area (Å²) in [6.07, 6.45) is 0. The highest BCUT2D eigenvalue weighted by Crippen LogP contribution is 2.36. The van der Waals surface area contributed by atoms with Crippen LogP contribution in [-0.2, 0) is 0 Å². The Morgan fingerprint density at radius 3 is 0.951 bits per heavy atom. The average molecular weight is 1080 g/mol. The zero-order valence-corrected chi connectivity index (χ0v) is 47.0. The molecular formula is C76H54N4Si2. The molecule has 15 aromatic rings. The first kappa shape index (κ1) is 48.8. The molecule has 12 aromatic carbocycles. The number of aromatic nitrogens is 4. The molecule has 0 saturated heterocycles. The van der Waals surface area contributed by atoms with E-state index in [1.165, 1.54) is 63.4 Å². The van der Waals surface area contributed by atoms with Crippen LogP contribution in [0.25, 0.3) is 77.8 Å². The van der Waals surface area contributed by atoms with Crippen LogP contribution in [0.2, 0.25) is 0 Å². The van der Waals surface area contributed by atoms with Crippen LogP contribution in [0.3, 0.4) is 0 Å². The lowest BCUT2D eigenvalue weighted by Crippen LogP contribution is -2.78. The first-order chi connectivity index (χ1) is 40.7. The van der Waals surface area contributed by atoms with Gasteiger partial charge in [0.2, 0.25) is 5.95 Å². The second-order valence-corrected chi connectivity index (χ2v) is 28.8. The molecule has 0 spiro atoms. The number of para-hydroxylation sites is 4. The van der Waals surface area contributed by atoms with Gasteiger partial charge in [-0.15, -0.1) is 0 Å². The van der Waals surface area contributed by atoms with Gasteiger partial charge in [-0.3, -0.25) is 9.13 Å². The maximum Gasteiger partial charge on any atom is 0.237 e. The van der Waals surface area contributed by atoms with Gasteiger partial charge in [-0.25, -0.2) is 4.98 Å². The standard InChI is InChI=1S/C76H54N4Si2/c1-7-28-55(29-8-1)56-30-27-41-63(50-56)82(61-37-15-5-16-38-61,62-39-17-6-18-40-62)65-52-57(51-64(53-65)81(58-31-9-2-10-32-58,59-33-11-3-12-34-59)60-35-13-4-14-36-60)70-54-75(79-71-46-23-19-42-66(71)67-43-20-24-47-72(67)79)78-76(77-70)80-73-48-25-21-44-68(73)69-45-22-26-49-74(69)80/h1-54H. The highest BCUT2D eigenvalue weighted by molar-refractivity contribution is 7.22. The maximum atomic E-state index is 5.92. The van der Waals surface area contributed by atoms with Gasteiger partial charge in [0.1, 0.15) is 5.82 Å². The Bertz CT molecular complexity index is 4420. The number of nitrogens with zero attached hydrogens (tertiary/aromatic N) is 4. The fourth-order valence-electron chi connectivity index (χ4n) is 13.3. The SMILES string of the molecule is c1ccc(-c2cccc([Si](c3ccccc3)(c3ccccc3)c3cc(-c4cc(-n5c6ccccc6c6ccccc65)nc(-n5c6ccccc6c6ccccc65)n4)cc([Si](c4ccccc4)(c4ccccc4)c4ccccc4)c3)c2)cc1. The molecule has 3 aromatic heterocycles. The topological polar surface area (TPSA) is 35.6 Å². The van der Waals surface area contributed by atoms with Crippen LogP contribution in [0.1, 0.15) is 0 Å². The van der Waals surface area contributed by atoms with Gasteiger partial charge in [-0.2, -0.15) is 4.98 Å². The van der Waals surface area contributed by atoms with Crippen molar-refractivity contribution >= 4 is 101 Å². The van der Waals surface area contributed by atoms with Crippen molar-refractivity contribution in [2.24, 2.45) is 0 Å². The van der Waals surface area contributed by atoms with Crippen molar-refractivity contribution in [3.63, 3.8) is 0 Å². The minimum absolute atomic E-state index is 0.599. The Kier molecular flexibility index (Phi) is 12.2. The average Bonchev–Trinajstić information content (AvgIpc) is 2.68. The van der Waals surface area contributed by atoms with E-state index in [0.717, 1.165) is 49.9 Å². The molecule has 0 N–H and O–H groups in total. The van der Waals surface area contributed by atoms with E-state index in [4.69, 9.17) is 9.97 Å². The highest BCUT2D eigenvalue weighted by Gasteiger charge is 2.46. The molecular weight excluding hydrogens is 1030 g/mol. The van der Waals surface area contributed by atoms with Crippen molar-refractivity contribution in [1.29, 1.82) is 0 Å². The van der Waals surface area contributed by atoms with Crippen molar-refractivity contribution in [2.45, 2.75) is 0 Å². The Morgan fingerprint density at radius 1 is 0.220 bits per heavy atom. The van der Waals surface area contributed by atoms with Crippen molar-refractivity contribution in [2.75, 3.05) is 0 Å². The predicted octanol–water partition coefficient (Wildman–Crippen LogP) is 12.8. The van der Waals surface area contributed by atoms with Crippen LogP contribution < -0.4 is 41.5 Å². The van der Waals surface area contributed by atoms with Crippen LogP contribution >= 0.6 is 0 Å². The number of benzene rings is 12. The minimum atomic E-state index is -3.35. The van der Waals surface area contributed by atoms with Crippen molar-refractivity contribution in [3.8, 4) is 34.2 Å². The van der Waals surface area contributed by atoms with Crippen molar-refractivity contribution in [3.05, 3.63) is 328 Å². The van der Waals surface area contributed by atoms with E-state index in [0.29, 0.717) is 5.95 Å². The summed E-state index contributed by atoms with van der Waals surface area (Å²) in [5.41, 5.74) is 8.46. The van der Waals surface area contributed by atoms with E-state index < -0.39 is 16.1 Å². The molecule has 0 saturated carbocycles. The van der Waals surface area contributed by atoms with Gasteiger partial charge in [-0.05, 0) is 76.9 Å². The van der Waals surface area contributed by atoms with Gasteiger partial charge in [0.15, 0.2) is 16.1 Å². The molecule has 4 nitrogen and oxygen atoms in total. The van der Waals surface area contributed by atoms with Gasteiger partial charge in [0, 0.05) is 33.2 Å². The molecule has 6 heteroatoms. The van der Waals surface area contributed by atoms with Gasteiger partial charge >= 0.3 is 0 Å². The van der Waals surface area contributed by atoms with Crippen LogP contribution in [0.5, 0.6) is 0 Å². The van der Waals surface area contributed by atoms with Crippen LogP contribution in [-0.4, -0.2) is 35.2 Å². The molecule has 0 aliphatic heterocycles. The molecule has 0 aliphatic carbocycles. The summed E-state index contributed by atoms with van der Waals surface area (Å²) < 4.78 is 4.62. The first-order valence-electron chi connectivity index (χ1n) is 28.1. The second kappa shape index (κ2) is 20.4. The van der Waals surface area contributed by atoms with Gasteiger partial charge in [0.25, 0.3) is 0 Å². The van der Waals surface area contributed by atoms with Crippen LogP contribution in [0.15, 0.2) is 328 Å². The van der Waals surface area contributed by atoms with Crippen molar-refractivity contribution in [1.82, 2.24) is 19.1 Å². The Hall–Kier alpha value is -10.2. The second-order valence-electron chi connectivity index (χ2n) is 21.2. The summed E-state index contributed by atoms with van der Waals surface area (Å²) in [6.45, 7) is 0. The number of fused-ring (bicyclic) bond motifs is 6. The quantitative estimate of drug-likeness (QED) is 0.0903.